The van der Waals surface area contributed by atoms with Crippen molar-refractivity contribution in [3.63, 3.8) is 0 Å². The molecule has 2 heterocycles. The number of hydrogen-bond acceptors (Lipinski definition) is 4. The molecule has 194 valence electrons. The minimum atomic E-state index is -3.32. The number of nitrogens with zero attached hydrogens (tertiary/aromatic N) is 4. The number of likely N-dealkylation sites (tertiary alicyclic amines) is 1. The average Bonchev–Trinajstić information content (AvgIpc) is 3.29. The number of piperazine rings is 1. The molecule has 2 aromatic rings. The molecule has 8 nitrogen and oxygen atoms in total. The first-order chi connectivity index (χ1) is 17.0. The van der Waals surface area contributed by atoms with Crippen LogP contribution < -0.4 is 0 Å². The fraction of sp³-hybridized carbons (Fsp3) is 0.417. The molecule has 0 bridgehead atoms. The Bertz CT molecular complexity index is 1270. The van der Waals surface area contributed by atoms with Crippen molar-refractivity contribution in [3.8, 4) is 0 Å². The van der Waals surface area contributed by atoms with Crippen LogP contribution in [0.3, 0.4) is 0 Å². The summed E-state index contributed by atoms with van der Waals surface area (Å²) in [5, 5.41) is 0.768. The maximum absolute atomic E-state index is 13.8. The normalized spacial score (nSPS) is 21.0. The van der Waals surface area contributed by atoms with E-state index in [2.05, 4.69) is 0 Å². The van der Waals surface area contributed by atoms with Crippen molar-refractivity contribution >= 4 is 45.2 Å². The molecule has 2 aliphatic heterocycles. The van der Waals surface area contributed by atoms with Gasteiger partial charge < -0.3 is 14.7 Å². The van der Waals surface area contributed by atoms with E-state index in [4.69, 9.17) is 23.2 Å². The lowest BCUT2D eigenvalue weighted by molar-refractivity contribution is 0.0722. The van der Waals surface area contributed by atoms with Gasteiger partial charge in [-0.25, -0.2) is 17.6 Å². The molecule has 36 heavy (non-hydrogen) atoms. The minimum absolute atomic E-state index is 0.215. The van der Waals surface area contributed by atoms with Crippen molar-refractivity contribution in [3.05, 3.63) is 69.5 Å². The molecule has 0 saturated carbocycles. The summed E-state index contributed by atoms with van der Waals surface area (Å²) in [6.45, 7) is 1.61. The van der Waals surface area contributed by atoms with Gasteiger partial charge in [-0.3, -0.25) is 4.79 Å². The van der Waals surface area contributed by atoms with Crippen LogP contribution in [0.25, 0.3) is 0 Å². The molecule has 2 fully saturated rings. The highest BCUT2D eigenvalue weighted by molar-refractivity contribution is 7.88. The third kappa shape index (κ3) is 5.61. The number of likely N-dealkylation sites (N-methyl/N-ethyl adjacent to an activating group) is 1. The van der Waals surface area contributed by atoms with Crippen LogP contribution in [0.1, 0.15) is 21.8 Å². The number of amides is 3. The largest absolute Gasteiger partial charge is 0.336 e. The van der Waals surface area contributed by atoms with E-state index in [1.54, 1.807) is 35.0 Å². The summed E-state index contributed by atoms with van der Waals surface area (Å²) in [5.41, 5.74) is 1.04. The number of sulfonamides is 1. The quantitative estimate of drug-likeness (QED) is 0.578. The molecule has 0 aromatic heterocycles. The molecule has 0 N–H and O–H groups in total. The van der Waals surface area contributed by atoms with Gasteiger partial charge in [0, 0.05) is 57.8 Å². The first-order valence-electron chi connectivity index (χ1n) is 11.4. The van der Waals surface area contributed by atoms with E-state index in [0.717, 1.165) is 11.8 Å². The van der Waals surface area contributed by atoms with Gasteiger partial charge in [0.2, 0.25) is 10.0 Å². The predicted octanol–water partition coefficient (Wildman–Crippen LogP) is 3.37. The van der Waals surface area contributed by atoms with Crippen LogP contribution in [-0.4, -0.2) is 98.0 Å². The highest BCUT2D eigenvalue weighted by Gasteiger charge is 2.42. The standard InChI is InChI=1S/C24H27Cl2FN4O4S/c1-28(23(32)17-4-3-5-18(27)12-17)22-15-30(14-19(22)16-6-7-20(25)21(26)13-16)24(33)29-8-10-31(11-9-29)36(2,34)35/h3-7,12-13,19,22H,8-11,14-15H2,1-2H3/t19?,22-/m1/s1. The van der Waals surface area contributed by atoms with Crippen LogP contribution in [0.5, 0.6) is 0 Å². The zero-order valence-electron chi connectivity index (χ0n) is 19.9. The van der Waals surface area contributed by atoms with Gasteiger partial charge in [0.15, 0.2) is 0 Å². The molecule has 4 rings (SSSR count). The summed E-state index contributed by atoms with van der Waals surface area (Å²) in [6.07, 6.45) is 1.16. The minimum Gasteiger partial charge on any atom is -0.336 e. The number of halogens is 3. The van der Waals surface area contributed by atoms with E-state index in [1.165, 1.54) is 27.4 Å². The van der Waals surface area contributed by atoms with Crippen molar-refractivity contribution in [1.82, 2.24) is 19.0 Å². The zero-order chi connectivity index (χ0) is 26.2. The predicted molar refractivity (Wildman–Crippen MR) is 136 cm³/mol. The van der Waals surface area contributed by atoms with Crippen molar-refractivity contribution in [2.45, 2.75) is 12.0 Å². The van der Waals surface area contributed by atoms with E-state index < -0.39 is 21.9 Å². The first-order valence-corrected chi connectivity index (χ1v) is 14.0. The van der Waals surface area contributed by atoms with Crippen LogP contribution in [0.4, 0.5) is 9.18 Å². The molecular weight excluding hydrogens is 530 g/mol. The van der Waals surface area contributed by atoms with Crippen molar-refractivity contribution < 1.29 is 22.4 Å². The average molecular weight is 557 g/mol. The Balaban J connectivity index is 1.57. The molecule has 2 aromatic carbocycles. The van der Waals surface area contributed by atoms with Gasteiger partial charge in [-0.05, 0) is 35.9 Å². The molecular formula is C24H27Cl2FN4O4S. The molecule has 0 spiro atoms. The Morgan fingerprint density at radius 2 is 1.67 bits per heavy atom. The number of rotatable bonds is 4. The van der Waals surface area contributed by atoms with Crippen molar-refractivity contribution in [2.24, 2.45) is 0 Å². The molecule has 2 saturated heterocycles. The summed E-state index contributed by atoms with van der Waals surface area (Å²) in [4.78, 5) is 31.5. The van der Waals surface area contributed by atoms with Crippen LogP contribution >= 0.6 is 23.2 Å². The van der Waals surface area contributed by atoms with Gasteiger partial charge in [0.25, 0.3) is 5.91 Å². The highest BCUT2D eigenvalue weighted by atomic mass is 35.5. The van der Waals surface area contributed by atoms with E-state index in [0.29, 0.717) is 16.6 Å². The Morgan fingerprint density at radius 1 is 0.972 bits per heavy atom. The van der Waals surface area contributed by atoms with Crippen molar-refractivity contribution in [2.75, 3.05) is 52.6 Å². The summed E-state index contributed by atoms with van der Waals surface area (Å²) in [7, 11) is -1.68. The summed E-state index contributed by atoms with van der Waals surface area (Å²) in [6, 6.07) is 10.1. The maximum atomic E-state index is 13.8. The molecule has 0 radical (unpaired) electrons. The fourth-order valence-electron chi connectivity index (χ4n) is 4.79. The third-order valence-electron chi connectivity index (χ3n) is 6.80. The molecule has 1 unspecified atom stereocenters. The van der Waals surface area contributed by atoms with Gasteiger partial charge in [-0.1, -0.05) is 35.3 Å². The van der Waals surface area contributed by atoms with E-state index in [9.17, 15) is 22.4 Å². The second kappa shape index (κ2) is 10.5. The fourth-order valence-corrected chi connectivity index (χ4v) is 5.93. The monoisotopic (exact) mass is 556 g/mol. The lowest BCUT2D eigenvalue weighted by Gasteiger charge is -2.35. The zero-order valence-corrected chi connectivity index (χ0v) is 22.2. The molecule has 2 aliphatic rings. The van der Waals surface area contributed by atoms with Crippen molar-refractivity contribution in [1.29, 1.82) is 0 Å². The van der Waals surface area contributed by atoms with Crippen LogP contribution in [0.15, 0.2) is 42.5 Å². The lowest BCUT2D eigenvalue weighted by atomic mass is 9.93. The summed E-state index contributed by atoms with van der Waals surface area (Å²) < 4.78 is 38.8. The number of urea groups is 1. The summed E-state index contributed by atoms with van der Waals surface area (Å²) >= 11 is 12.4. The molecule has 0 aliphatic carbocycles. The number of carbonyl (C=O) groups excluding carboxylic acids is 2. The number of carbonyl (C=O) groups is 2. The Kier molecular flexibility index (Phi) is 7.80. The summed E-state index contributed by atoms with van der Waals surface area (Å²) in [5.74, 6) is -1.13. The highest BCUT2D eigenvalue weighted by Crippen LogP contribution is 2.35. The van der Waals surface area contributed by atoms with Gasteiger partial charge in [0.1, 0.15) is 5.82 Å². The van der Waals surface area contributed by atoms with Crippen LogP contribution in [0.2, 0.25) is 10.0 Å². The molecule has 3 amide bonds. The van der Waals surface area contributed by atoms with Gasteiger partial charge in [0.05, 0.1) is 22.3 Å². The number of hydrogen-bond donors (Lipinski definition) is 0. The lowest BCUT2D eigenvalue weighted by Crippen LogP contribution is -2.53. The smallest absolute Gasteiger partial charge is 0.320 e. The second-order valence-corrected chi connectivity index (χ2v) is 11.9. The van der Waals surface area contributed by atoms with Gasteiger partial charge in [-0.2, -0.15) is 4.31 Å². The van der Waals surface area contributed by atoms with E-state index in [-0.39, 0.29) is 56.1 Å². The SMILES string of the molecule is CN(C(=O)c1cccc(F)c1)[C@@H]1CN(C(=O)N2CCN(S(C)(=O)=O)CC2)CC1c1ccc(Cl)c(Cl)c1. The third-order valence-corrected chi connectivity index (χ3v) is 8.84. The van der Waals surface area contributed by atoms with Gasteiger partial charge >= 0.3 is 6.03 Å². The Labute approximate surface area is 220 Å². The van der Waals surface area contributed by atoms with Crippen LogP contribution in [0, 0.1) is 5.82 Å². The second-order valence-electron chi connectivity index (χ2n) is 9.11. The molecule has 2 atom stereocenters. The van der Waals surface area contributed by atoms with E-state index >= 15 is 0 Å². The van der Waals surface area contributed by atoms with Crippen LogP contribution in [-0.2, 0) is 10.0 Å². The van der Waals surface area contributed by atoms with Gasteiger partial charge in [-0.15, -0.1) is 0 Å². The first kappa shape index (κ1) is 26.7. The molecule has 12 heteroatoms. The van der Waals surface area contributed by atoms with E-state index in [1.807, 2.05) is 6.07 Å². The Morgan fingerprint density at radius 3 is 2.28 bits per heavy atom. The topological polar surface area (TPSA) is 81.2 Å². The maximum Gasteiger partial charge on any atom is 0.320 e. The number of benzene rings is 2. The Hall–Kier alpha value is -2.40.